The summed E-state index contributed by atoms with van der Waals surface area (Å²) < 4.78 is 1.89. The molecular formula is C18H18N2. The molecule has 0 atom stereocenters. The van der Waals surface area contributed by atoms with Crippen LogP contribution in [0.5, 0.6) is 0 Å². The predicted molar refractivity (Wildman–Crippen MR) is 88.1 cm³/mol. The van der Waals surface area contributed by atoms with E-state index >= 15 is 0 Å². The zero-order valence-corrected chi connectivity index (χ0v) is 11.7. The first kappa shape index (κ1) is 13.8. The van der Waals surface area contributed by atoms with Gasteiger partial charge >= 0.3 is 0 Å². The Morgan fingerprint density at radius 2 is 1.60 bits per heavy atom. The Labute approximate surface area is 119 Å². The van der Waals surface area contributed by atoms with Gasteiger partial charge in [-0.15, -0.1) is 0 Å². The third kappa shape index (κ3) is 2.05. The van der Waals surface area contributed by atoms with Crippen molar-refractivity contribution in [3.05, 3.63) is 78.1 Å². The van der Waals surface area contributed by atoms with E-state index < -0.39 is 0 Å². The summed E-state index contributed by atoms with van der Waals surface area (Å²) in [5, 5.41) is 8.46. The van der Waals surface area contributed by atoms with Gasteiger partial charge < -0.3 is 0 Å². The quantitative estimate of drug-likeness (QED) is 0.616. The van der Waals surface area contributed by atoms with Crippen molar-refractivity contribution in [1.29, 1.82) is 5.41 Å². The molecule has 0 aliphatic heterocycles. The number of aromatic nitrogens is 1. The SMILES string of the molecule is C=Cc1c(C=C)c(C=C)n(C(=N)c2ccccc2)c1C. The van der Waals surface area contributed by atoms with Crippen molar-refractivity contribution in [3.63, 3.8) is 0 Å². The summed E-state index contributed by atoms with van der Waals surface area (Å²) in [5.41, 5.74) is 4.67. The molecule has 1 N–H and O–H groups in total. The number of nitrogens with zero attached hydrogens (tertiary/aromatic N) is 1. The first-order chi connectivity index (χ1) is 9.65. The van der Waals surface area contributed by atoms with E-state index in [4.69, 9.17) is 5.41 Å². The third-order valence-corrected chi connectivity index (χ3v) is 3.40. The van der Waals surface area contributed by atoms with Gasteiger partial charge in [-0.05, 0) is 13.0 Å². The van der Waals surface area contributed by atoms with Crippen LogP contribution in [-0.4, -0.2) is 10.4 Å². The molecule has 0 radical (unpaired) electrons. The third-order valence-electron chi connectivity index (χ3n) is 3.40. The molecule has 0 aliphatic rings. The fraction of sp³-hybridized carbons (Fsp3) is 0.0556. The highest BCUT2D eigenvalue weighted by atomic mass is 15.0. The molecule has 2 heteroatoms. The minimum atomic E-state index is 0.425. The van der Waals surface area contributed by atoms with E-state index in [9.17, 15) is 0 Å². The van der Waals surface area contributed by atoms with Crippen LogP contribution in [0.1, 0.15) is 28.1 Å². The number of nitrogens with one attached hydrogen (secondary N) is 1. The second-order valence-electron chi connectivity index (χ2n) is 4.46. The second kappa shape index (κ2) is 5.57. The molecule has 0 amide bonds. The zero-order chi connectivity index (χ0) is 14.7. The monoisotopic (exact) mass is 262 g/mol. The maximum absolute atomic E-state index is 8.46. The van der Waals surface area contributed by atoms with Crippen LogP contribution in [0, 0.1) is 12.3 Å². The van der Waals surface area contributed by atoms with Crippen LogP contribution in [0.25, 0.3) is 18.2 Å². The summed E-state index contributed by atoms with van der Waals surface area (Å²) in [7, 11) is 0. The minimum absolute atomic E-state index is 0.425. The first-order valence-corrected chi connectivity index (χ1v) is 6.42. The van der Waals surface area contributed by atoms with E-state index in [1.54, 1.807) is 18.2 Å². The molecule has 0 saturated heterocycles. The highest BCUT2D eigenvalue weighted by Crippen LogP contribution is 2.27. The molecule has 2 nitrogen and oxygen atoms in total. The van der Waals surface area contributed by atoms with E-state index in [2.05, 4.69) is 19.7 Å². The van der Waals surface area contributed by atoms with Crippen LogP contribution in [-0.2, 0) is 0 Å². The molecule has 20 heavy (non-hydrogen) atoms. The maximum Gasteiger partial charge on any atom is 0.136 e. The second-order valence-corrected chi connectivity index (χ2v) is 4.46. The van der Waals surface area contributed by atoms with E-state index in [-0.39, 0.29) is 0 Å². The van der Waals surface area contributed by atoms with Crippen molar-refractivity contribution >= 4 is 24.1 Å². The summed E-state index contributed by atoms with van der Waals surface area (Å²) in [6, 6.07) is 9.65. The van der Waals surface area contributed by atoms with Gasteiger partial charge in [0.25, 0.3) is 0 Å². The standard InChI is InChI=1S/C18H18N2/c1-5-15-13(4)20(17(7-3)16(15)6-2)18(19)14-11-9-8-10-12-14/h5-12,19H,1-3H2,4H3. The fourth-order valence-electron chi connectivity index (χ4n) is 2.44. The molecule has 0 saturated carbocycles. The van der Waals surface area contributed by atoms with Crippen LogP contribution in [0.2, 0.25) is 0 Å². The van der Waals surface area contributed by atoms with Gasteiger partial charge in [0.2, 0.25) is 0 Å². The number of hydrogen-bond acceptors (Lipinski definition) is 1. The lowest BCUT2D eigenvalue weighted by Crippen LogP contribution is -2.15. The van der Waals surface area contributed by atoms with Crippen molar-refractivity contribution in [2.24, 2.45) is 0 Å². The van der Waals surface area contributed by atoms with Gasteiger partial charge in [-0.1, -0.05) is 62.2 Å². The van der Waals surface area contributed by atoms with Crippen molar-refractivity contribution in [2.75, 3.05) is 0 Å². The van der Waals surface area contributed by atoms with Crippen LogP contribution < -0.4 is 0 Å². The Bertz CT molecular complexity index is 688. The molecule has 1 aromatic heterocycles. The highest BCUT2D eigenvalue weighted by Gasteiger charge is 2.18. The molecule has 1 aromatic carbocycles. The Morgan fingerprint density at radius 1 is 1.00 bits per heavy atom. The minimum Gasteiger partial charge on any atom is -0.298 e. The van der Waals surface area contributed by atoms with Gasteiger partial charge in [0, 0.05) is 22.4 Å². The molecular weight excluding hydrogens is 244 g/mol. The molecule has 2 rings (SSSR count). The molecule has 0 aliphatic carbocycles. The van der Waals surface area contributed by atoms with Crippen LogP contribution in [0.3, 0.4) is 0 Å². The van der Waals surface area contributed by atoms with Crippen LogP contribution >= 0.6 is 0 Å². The van der Waals surface area contributed by atoms with Gasteiger partial charge in [-0.25, -0.2) is 0 Å². The largest absolute Gasteiger partial charge is 0.298 e. The number of benzene rings is 1. The van der Waals surface area contributed by atoms with E-state index in [0.717, 1.165) is 28.1 Å². The average Bonchev–Trinajstić information content (AvgIpc) is 2.78. The number of hydrogen-bond donors (Lipinski definition) is 1. The molecule has 0 fully saturated rings. The van der Waals surface area contributed by atoms with E-state index in [1.165, 1.54) is 0 Å². The zero-order valence-electron chi connectivity index (χ0n) is 11.7. The van der Waals surface area contributed by atoms with Crippen molar-refractivity contribution in [1.82, 2.24) is 4.57 Å². The average molecular weight is 262 g/mol. The lowest BCUT2D eigenvalue weighted by molar-refractivity contribution is 1.05. The Kier molecular flexibility index (Phi) is 3.85. The number of rotatable bonds is 4. The van der Waals surface area contributed by atoms with Crippen LogP contribution in [0.15, 0.2) is 50.1 Å². The predicted octanol–water partition coefficient (Wildman–Crippen LogP) is 4.60. The fourth-order valence-corrected chi connectivity index (χ4v) is 2.44. The molecule has 0 bridgehead atoms. The highest BCUT2D eigenvalue weighted by molar-refractivity contribution is 6.01. The molecule has 1 heterocycles. The topological polar surface area (TPSA) is 28.8 Å². The lowest BCUT2D eigenvalue weighted by atomic mass is 10.1. The summed E-state index contributed by atoms with van der Waals surface area (Å²) in [6.45, 7) is 13.6. The molecule has 0 unspecified atom stereocenters. The molecule has 0 spiro atoms. The van der Waals surface area contributed by atoms with Gasteiger partial charge in [-0.2, -0.15) is 0 Å². The van der Waals surface area contributed by atoms with Gasteiger partial charge in [-0.3, -0.25) is 9.98 Å². The molecule has 2 aromatic rings. The summed E-state index contributed by atoms with van der Waals surface area (Å²) >= 11 is 0. The van der Waals surface area contributed by atoms with Crippen molar-refractivity contribution in [2.45, 2.75) is 6.92 Å². The smallest absolute Gasteiger partial charge is 0.136 e. The summed E-state index contributed by atoms with van der Waals surface area (Å²) in [4.78, 5) is 0. The van der Waals surface area contributed by atoms with Crippen molar-refractivity contribution in [3.8, 4) is 0 Å². The lowest BCUT2D eigenvalue weighted by Gasteiger charge is -2.11. The Morgan fingerprint density at radius 3 is 2.10 bits per heavy atom. The van der Waals surface area contributed by atoms with Gasteiger partial charge in [0.1, 0.15) is 5.84 Å². The summed E-state index contributed by atoms with van der Waals surface area (Å²) in [5.74, 6) is 0.425. The first-order valence-electron chi connectivity index (χ1n) is 6.42. The van der Waals surface area contributed by atoms with Crippen molar-refractivity contribution < 1.29 is 0 Å². The van der Waals surface area contributed by atoms with E-state index in [1.807, 2.05) is 41.8 Å². The molecule has 100 valence electrons. The normalized spacial score (nSPS) is 10.1. The Hall–Kier alpha value is -2.61. The Balaban J connectivity index is 2.71. The van der Waals surface area contributed by atoms with Gasteiger partial charge in [0.15, 0.2) is 0 Å². The van der Waals surface area contributed by atoms with Crippen LogP contribution in [0.4, 0.5) is 0 Å². The van der Waals surface area contributed by atoms with Gasteiger partial charge in [0.05, 0.1) is 5.69 Å². The maximum atomic E-state index is 8.46. The van der Waals surface area contributed by atoms with E-state index in [0.29, 0.717) is 5.84 Å². The summed E-state index contributed by atoms with van der Waals surface area (Å²) in [6.07, 6.45) is 5.35.